The molecule has 0 radical (unpaired) electrons. The molecule has 30 heavy (non-hydrogen) atoms. The number of hydrogen-bond donors (Lipinski definition) is 1. The highest BCUT2D eigenvalue weighted by Crippen LogP contribution is 2.31. The Balaban J connectivity index is 0.00000181. The molecular formula is C20H19N7O2S. The van der Waals surface area contributed by atoms with Gasteiger partial charge in [0.1, 0.15) is 10.9 Å². The summed E-state index contributed by atoms with van der Waals surface area (Å²) >= 11 is 1.33. The summed E-state index contributed by atoms with van der Waals surface area (Å²) in [6.07, 6.45) is 1.53. The maximum atomic E-state index is 12.1. The first-order valence-electron chi connectivity index (χ1n) is 8.74. The molecule has 0 unspecified atom stereocenters. The number of anilines is 1. The number of thiophene rings is 1. The van der Waals surface area contributed by atoms with Crippen LogP contribution in [0.3, 0.4) is 0 Å². The Hall–Kier alpha value is -4.10. The number of nitrogens with zero attached hydrogens (tertiary/aromatic N) is 6. The zero-order valence-electron chi connectivity index (χ0n) is 16.0. The Labute approximate surface area is 178 Å². The minimum atomic E-state index is -0.0886. The van der Waals surface area contributed by atoms with Gasteiger partial charge in [0.05, 0.1) is 17.5 Å². The minimum Gasteiger partial charge on any atom is -0.414 e. The van der Waals surface area contributed by atoms with Crippen molar-refractivity contribution < 1.29 is 12.1 Å². The topological polar surface area (TPSA) is 135 Å². The monoisotopic (exact) mass is 421 g/mol. The molecule has 9 nitrogen and oxygen atoms in total. The molecule has 1 amide bonds. The molecule has 0 aliphatic heterocycles. The average molecular weight is 421 g/mol. The third-order valence-electron chi connectivity index (χ3n) is 4.24. The van der Waals surface area contributed by atoms with Crippen molar-refractivity contribution in [1.29, 1.82) is 5.26 Å². The van der Waals surface area contributed by atoms with Crippen LogP contribution in [0.5, 0.6) is 0 Å². The zero-order valence-corrected chi connectivity index (χ0v) is 16.8. The molecule has 0 bridgehead atoms. The second kappa shape index (κ2) is 7.73. The summed E-state index contributed by atoms with van der Waals surface area (Å²) in [7, 11) is 3.39. The Morgan fingerprint density at radius 1 is 1.20 bits per heavy atom. The number of nitriles is 1. The number of hydrogen-bond acceptors (Lipinski definition) is 9. The summed E-state index contributed by atoms with van der Waals surface area (Å²) in [5, 5.41) is 19.0. The highest BCUT2D eigenvalue weighted by Gasteiger charge is 2.19. The summed E-state index contributed by atoms with van der Waals surface area (Å²) in [4.78, 5) is 22.9. The predicted octanol–water partition coefficient (Wildman–Crippen LogP) is 3.57. The van der Waals surface area contributed by atoms with E-state index < -0.39 is 0 Å². The van der Waals surface area contributed by atoms with E-state index in [1.165, 1.54) is 22.4 Å². The van der Waals surface area contributed by atoms with E-state index in [2.05, 4.69) is 26.2 Å². The van der Waals surface area contributed by atoms with E-state index >= 15 is 0 Å². The van der Waals surface area contributed by atoms with Crippen LogP contribution in [0.4, 0.5) is 5.82 Å². The van der Waals surface area contributed by atoms with E-state index in [0.29, 0.717) is 21.7 Å². The fourth-order valence-corrected chi connectivity index (χ4v) is 3.47. The summed E-state index contributed by atoms with van der Waals surface area (Å²) in [5.41, 5.74) is 8.54. The molecule has 0 aliphatic carbocycles. The second-order valence-electron chi connectivity index (χ2n) is 6.45. The maximum absolute atomic E-state index is 12.1. The van der Waals surface area contributed by atoms with Crippen molar-refractivity contribution in [2.24, 2.45) is 0 Å². The van der Waals surface area contributed by atoms with Crippen LogP contribution in [0.1, 0.15) is 18.8 Å². The first-order chi connectivity index (χ1) is 14.5. The van der Waals surface area contributed by atoms with Gasteiger partial charge in [0, 0.05) is 28.1 Å². The van der Waals surface area contributed by atoms with Crippen LogP contribution in [0.25, 0.3) is 33.6 Å². The normalized spacial score (nSPS) is 10.6. The molecule has 0 fully saturated rings. The van der Waals surface area contributed by atoms with E-state index in [0.717, 1.165) is 5.56 Å². The first kappa shape index (κ1) is 19.2. The molecule has 0 aliphatic rings. The van der Waals surface area contributed by atoms with Gasteiger partial charge >= 0.3 is 0 Å². The molecule has 4 rings (SSSR count). The van der Waals surface area contributed by atoms with Gasteiger partial charge in [-0.15, -0.1) is 21.5 Å². The number of amides is 1. The number of rotatable bonds is 4. The van der Waals surface area contributed by atoms with Gasteiger partial charge in [0.25, 0.3) is 17.7 Å². The van der Waals surface area contributed by atoms with E-state index in [1.54, 1.807) is 49.8 Å². The van der Waals surface area contributed by atoms with Crippen LogP contribution >= 0.6 is 11.3 Å². The minimum absolute atomic E-state index is 0. The first-order valence-corrected chi connectivity index (χ1v) is 9.62. The van der Waals surface area contributed by atoms with Crippen LogP contribution in [-0.2, 0) is 0 Å². The molecule has 4 aromatic rings. The van der Waals surface area contributed by atoms with Gasteiger partial charge in [-0.2, -0.15) is 5.26 Å². The summed E-state index contributed by atoms with van der Waals surface area (Å²) in [6.45, 7) is 0. The summed E-state index contributed by atoms with van der Waals surface area (Å²) in [5.74, 6) is 0.373. The number of carbonyl (C=O) groups is 1. The molecular weight excluding hydrogens is 402 g/mol. The molecule has 3 heterocycles. The van der Waals surface area contributed by atoms with E-state index in [9.17, 15) is 10.1 Å². The smallest absolute Gasteiger partial charge is 0.270 e. The maximum Gasteiger partial charge on any atom is 0.270 e. The lowest BCUT2D eigenvalue weighted by molar-refractivity contribution is 0.0827. The number of aromatic nitrogens is 4. The largest absolute Gasteiger partial charge is 0.414 e. The van der Waals surface area contributed by atoms with E-state index in [4.69, 9.17) is 10.2 Å². The molecule has 0 saturated carbocycles. The quantitative estimate of drug-likeness (QED) is 0.528. The van der Waals surface area contributed by atoms with Crippen molar-refractivity contribution in [3.63, 3.8) is 0 Å². The van der Waals surface area contributed by atoms with Crippen molar-refractivity contribution in [2.75, 3.05) is 19.8 Å². The molecule has 10 heteroatoms. The summed E-state index contributed by atoms with van der Waals surface area (Å²) < 4.78 is 5.71. The van der Waals surface area contributed by atoms with Crippen LogP contribution in [0, 0.1) is 11.3 Å². The lowest BCUT2D eigenvalue weighted by atomic mass is 10.1. The molecule has 3 aromatic heterocycles. The highest BCUT2D eigenvalue weighted by molar-refractivity contribution is 7.13. The van der Waals surface area contributed by atoms with Gasteiger partial charge in [-0.3, -0.25) is 4.79 Å². The highest BCUT2D eigenvalue weighted by atomic mass is 32.1. The van der Waals surface area contributed by atoms with Crippen molar-refractivity contribution in [3.8, 4) is 39.7 Å². The lowest BCUT2D eigenvalue weighted by Crippen LogP contribution is -2.21. The van der Waals surface area contributed by atoms with E-state index in [1.807, 2.05) is 0 Å². The van der Waals surface area contributed by atoms with Crippen LogP contribution < -0.4 is 5.73 Å². The van der Waals surface area contributed by atoms with Crippen LogP contribution in [-0.4, -0.2) is 45.1 Å². The zero-order chi connectivity index (χ0) is 21.3. The Morgan fingerprint density at radius 3 is 2.63 bits per heavy atom. The van der Waals surface area contributed by atoms with Gasteiger partial charge in [0.15, 0.2) is 11.5 Å². The lowest BCUT2D eigenvalue weighted by Gasteiger charge is -2.10. The number of benzene rings is 1. The van der Waals surface area contributed by atoms with Crippen molar-refractivity contribution in [1.82, 2.24) is 25.1 Å². The number of nitrogens with two attached hydrogens (primary N) is 1. The third-order valence-corrected chi connectivity index (χ3v) is 5.14. The fourth-order valence-electron chi connectivity index (χ4n) is 2.71. The Bertz CT molecular complexity index is 1280. The Kier molecular flexibility index (Phi) is 4.95. The second-order valence-corrected chi connectivity index (χ2v) is 7.37. The SMILES string of the molecule is CN(C)C(=O)c1ccc(-c2cnc(N)c(-c3nnc(-c4sccc4C#N)o3)n2)cc1.[HH].[HH]. The van der Waals surface area contributed by atoms with Crippen LogP contribution in [0.15, 0.2) is 46.3 Å². The third kappa shape index (κ3) is 3.49. The van der Waals surface area contributed by atoms with Crippen molar-refractivity contribution in [2.45, 2.75) is 0 Å². The standard InChI is InChI=1S/C20H15N7O2S.2H2/c1-27(2)20(28)12-5-3-11(4-6-12)14-10-23-17(22)15(24-14)18-25-26-19(29-18)16-13(9-21)7-8-30-16;;/h3-8,10H,1-2H3,(H2,22,23);2*1H. The van der Waals surface area contributed by atoms with Gasteiger partial charge in [-0.05, 0) is 23.6 Å². The number of carbonyl (C=O) groups excluding carboxylic acids is 1. The van der Waals surface area contributed by atoms with Crippen molar-refractivity contribution in [3.05, 3.63) is 53.0 Å². The predicted molar refractivity (Wildman–Crippen MR) is 115 cm³/mol. The molecule has 1 aromatic carbocycles. The Morgan fingerprint density at radius 2 is 1.93 bits per heavy atom. The van der Waals surface area contributed by atoms with E-state index in [-0.39, 0.29) is 32.1 Å². The molecule has 0 saturated heterocycles. The van der Waals surface area contributed by atoms with Gasteiger partial charge in [-0.25, -0.2) is 9.97 Å². The van der Waals surface area contributed by atoms with Crippen LogP contribution in [0.2, 0.25) is 0 Å². The van der Waals surface area contributed by atoms with Gasteiger partial charge < -0.3 is 15.1 Å². The summed E-state index contributed by atoms with van der Waals surface area (Å²) in [6, 6.07) is 10.8. The number of nitrogen functional groups attached to an aromatic ring is 1. The molecule has 152 valence electrons. The molecule has 0 spiro atoms. The molecule has 2 N–H and O–H groups in total. The average Bonchev–Trinajstić information content (AvgIpc) is 3.42. The van der Waals surface area contributed by atoms with Gasteiger partial charge in [0.2, 0.25) is 0 Å². The van der Waals surface area contributed by atoms with Gasteiger partial charge in [-0.1, -0.05) is 12.1 Å². The van der Waals surface area contributed by atoms with Crippen molar-refractivity contribution >= 4 is 23.1 Å². The fraction of sp³-hybridized carbons (Fsp3) is 0.100. The molecule has 0 atom stereocenters.